The van der Waals surface area contributed by atoms with Crippen LogP contribution in [-0.4, -0.2) is 28.2 Å². The number of carboxylic acids is 1. The number of hydrogen-bond acceptors (Lipinski definition) is 6. The maximum atomic E-state index is 13.0. The monoisotopic (exact) mass is 581 g/mol. The lowest BCUT2D eigenvalue weighted by molar-refractivity contribution is -0.144. The highest BCUT2D eigenvalue weighted by molar-refractivity contribution is 5.99. The fourth-order valence-electron chi connectivity index (χ4n) is 4.20. The lowest BCUT2D eigenvalue weighted by atomic mass is 9.90. The zero-order chi connectivity index (χ0) is 30.7. The smallest absolute Gasteiger partial charge is 0.416 e. The predicted molar refractivity (Wildman–Crippen MR) is 146 cm³/mol. The maximum Gasteiger partial charge on any atom is 0.416 e. The molecule has 0 saturated heterocycles. The van der Waals surface area contributed by atoms with Crippen molar-refractivity contribution in [3.8, 4) is 11.1 Å². The summed E-state index contributed by atoms with van der Waals surface area (Å²) >= 11 is 0. The van der Waals surface area contributed by atoms with Gasteiger partial charge < -0.3 is 19.7 Å². The van der Waals surface area contributed by atoms with Crippen molar-refractivity contribution in [2.75, 3.05) is 5.32 Å². The largest absolute Gasteiger partial charge is 0.479 e. The number of aliphatic carboxylic acids is 1. The SMILES string of the molecule is Cc1noc(NC(=O)OC(C)c2ccccc2)c1-c1ccc(C(=O)NC(C)(C(=O)O)c2ccc(C(F)(F)F)cc2)cc1. The second-order valence-corrected chi connectivity index (χ2v) is 9.59. The third-order valence-corrected chi connectivity index (χ3v) is 6.65. The molecule has 12 heteroatoms. The molecule has 0 aliphatic carbocycles. The molecule has 1 heterocycles. The van der Waals surface area contributed by atoms with E-state index in [1.807, 2.05) is 30.3 Å². The standard InChI is InChI=1S/C30H26F3N3O6/c1-17-24(26(42-36-17)34-28(40)41-18(2)19-7-5-4-6-8-19)20-9-11-21(12-10-20)25(37)35-29(3,27(38)39)22-13-15-23(16-14-22)30(31,32)33/h4-16,18H,1-3H3,(H,34,40)(H,35,37)(H,38,39). The molecule has 4 aromatic rings. The van der Waals surface area contributed by atoms with Crippen LogP contribution >= 0.6 is 0 Å². The number of ether oxygens (including phenoxy) is 1. The van der Waals surface area contributed by atoms with Crippen molar-refractivity contribution in [1.29, 1.82) is 0 Å². The molecule has 42 heavy (non-hydrogen) atoms. The maximum absolute atomic E-state index is 13.0. The fourth-order valence-corrected chi connectivity index (χ4v) is 4.20. The van der Waals surface area contributed by atoms with Crippen LogP contribution in [0.2, 0.25) is 0 Å². The molecule has 4 rings (SSSR count). The lowest BCUT2D eigenvalue weighted by Gasteiger charge is -2.27. The summed E-state index contributed by atoms with van der Waals surface area (Å²) in [6.45, 7) is 4.56. The number of amides is 2. The molecule has 1 aromatic heterocycles. The van der Waals surface area contributed by atoms with Gasteiger partial charge in [-0.2, -0.15) is 13.2 Å². The molecule has 3 aromatic carbocycles. The Morgan fingerprint density at radius 2 is 1.52 bits per heavy atom. The van der Waals surface area contributed by atoms with Gasteiger partial charge in [0, 0.05) is 5.56 Å². The number of aromatic nitrogens is 1. The van der Waals surface area contributed by atoms with Gasteiger partial charge in [0.1, 0.15) is 6.10 Å². The van der Waals surface area contributed by atoms with Crippen LogP contribution in [0.25, 0.3) is 11.1 Å². The average molecular weight is 582 g/mol. The van der Waals surface area contributed by atoms with Gasteiger partial charge in [0.05, 0.1) is 16.8 Å². The number of carbonyl (C=O) groups is 3. The van der Waals surface area contributed by atoms with Crippen LogP contribution < -0.4 is 10.6 Å². The van der Waals surface area contributed by atoms with Crippen molar-refractivity contribution in [1.82, 2.24) is 10.5 Å². The summed E-state index contributed by atoms with van der Waals surface area (Å²) < 4.78 is 49.5. The highest BCUT2D eigenvalue weighted by Crippen LogP contribution is 2.33. The Morgan fingerprint density at radius 1 is 0.929 bits per heavy atom. The minimum atomic E-state index is -4.59. The molecule has 0 bridgehead atoms. The van der Waals surface area contributed by atoms with Gasteiger partial charge in [-0.05, 0) is 61.7 Å². The number of halogens is 3. The van der Waals surface area contributed by atoms with Crippen molar-refractivity contribution in [2.24, 2.45) is 0 Å². The summed E-state index contributed by atoms with van der Waals surface area (Å²) in [4.78, 5) is 37.6. The topological polar surface area (TPSA) is 131 Å². The summed E-state index contributed by atoms with van der Waals surface area (Å²) in [7, 11) is 0. The van der Waals surface area contributed by atoms with E-state index in [0.717, 1.165) is 29.8 Å². The molecule has 0 aliphatic rings. The Morgan fingerprint density at radius 3 is 2.10 bits per heavy atom. The highest BCUT2D eigenvalue weighted by atomic mass is 19.4. The first-order chi connectivity index (χ1) is 19.8. The zero-order valence-corrected chi connectivity index (χ0v) is 22.7. The molecule has 0 saturated carbocycles. The van der Waals surface area contributed by atoms with Crippen LogP contribution in [0.5, 0.6) is 0 Å². The van der Waals surface area contributed by atoms with E-state index < -0.39 is 41.4 Å². The number of carbonyl (C=O) groups excluding carboxylic acids is 2. The van der Waals surface area contributed by atoms with Crippen LogP contribution in [0.1, 0.15) is 52.7 Å². The third kappa shape index (κ3) is 6.43. The number of aryl methyl sites for hydroxylation is 1. The summed E-state index contributed by atoms with van der Waals surface area (Å²) in [5.41, 5.74) is -0.717. The van der Waals surface area contributed by atoms with Crippen molar-refractivity contribution in [3.05, 3.63) is 107 Å². The number of nitrogens with zero attached hydrogens (tertiary/aromatic N) is 1. The molecular formula is C30H26F3N3O6. The minimum absolute atomic E-state index is 0.0238. The van der Waals surface area contributed by atoms with Gasteiger partial charge in [-0.3, -0.25) is 10.1 Å². The molecule has 3 N–H and O–H groups in total. The molecule has 2 unspecified atom stereocenters. The summed E-state index contributed by atoms with van der Waals surface area (Å²) in [5, 5.41) is 18.7. The van der Waals surface area contributed by atoms with Gasteiger partial charge in [-0.25, -0.2) is 9.59 Å². The van der Waals surface area contributed by atoms with E-state index in [-0.39, 0.29) is 17.0 Å². The number of anilines is 1. The number of rotatable bonds is 8. The van der Waals surface area contributed by atoms with Gasteiger partial charge >= 0.3 is 18.2 Å². The first kappa shape index (κ1) is 29.8. The van der Waals surface area contributed by atoms with Crippen molar-refractivity contribution < 1.29 is 41.9 Å². The van der Waals surface area contributed by atoms with E-state index in [1.165, 1.54) is 19.1 Å². The molecule has 2 atom stereocenters. The Bertz CT molecular complexity index is 1590. The lowest BCUT2D eigenvalue weighted by Crippen LogP contribution is -2.49. The Labute approximate surface area is 238 Å². The number of alkyl halides is 3. The van der Waals surface area contributed by atoms with E-state index in [1.54, 1.807) is 26.0 Å². The van der Waals surface area contributed by atoms with E-state index in [2.05, 4.69) is 15.8 Å². The molecular weight excluding hydrogens is 555 g/mol. The summed E-state index contributed by atoms with van der Waals surface area (Å²) in [6, 6.07) is 18.6. The van der Waals surface area contributed by atoms with Crippen molar-refractivity contribution in [3.63, 3.8) is 0 Å². The fraction of sp³-hybridized carbons (Fsp3) is 0.200. The minimum Gasteiger partial charge on any atom is -0.479 e. The number of nitrogens with one attached hydrogen (secondary N) is 2. The van der Waals surface area contributed by atoms with Crippen LogP contribution in [-0.2, 0) is 21.2 Å². The normalized spacial score (nSPS) is 13.5. The van der Waals surface area contributed by atoms with Crippen molar-refractivity contribution in [2.45, 2.75) is 38.6 Å². The van der Waals surface area contributed by atoms with E-state index in [0.29, 0.717) is 16.8 Å². The number of carboxylic acid groups (broad SMARTS) is 1. The molecule has 0 aliphatic heterocycles. The molecule has 0 radical (unpaired) electrons. The Hall–Kier alpha value is -5.13. The van der Waals surface area contributed by atoms with Gasteiger partial charge in [-0.1, -0.05) is 59.8 Å². The average Bonchev–Trinajstić information content (AvgIpc) is 3.32. The predicted octanol–water partition coefficient (Wildman–Crippen LogP) is 6.71. The van der Waals surface area contributed by atoms with E-state index in [4.69, 9.17) is 9.26 Å². The van der Waals surface area contributed by atoms with Gasteiger partial charge in [0.15, 0.2) is 5.54 Å². The van der Waals surface area contributed by atoms with E-state index in [9.17, 15) is 32.7 Å². The second-order valence-electron chi connectivity index (χ2n) is 9.59. The van der Waals surface area contributed by atoms with Crippen LogP contribution in [0.3, 0.4) is 0 Å². The second kappa shape index (κ2) is 11.8. The first-order valence-electron chi connectivity index (χ1n) is 12.6. The first-order valence-corrected chi connectivity index (χ1v) is 12.6. The molecule has 0 fully saturated rings. The molecule has 218 valence electrons. The number of hydrogen-bond donors (Lipinski definition) is 3. The van der Waals surface area contributed by atoms with Crippen LogP contribution in [0.15, 0.2) is 83.4 Å². The van der Waals surface area contributed by atoms with Crippen molar-refractivity contribution >= 4 is 23.9 Å². The van der Waals surface area contributed by atoms with Crippen LogP contribution in [0, 0.1) is 6.92 Å². The zero-order valence-electron chi connectivity index (χ0n) is 22.7. The summed E-state index contributed by atoms with van der Waals surface area (Å²) in [5.74, 6) is -2.21. The summed E-state index contributed by atoms with van der Waals surface area (Å²) in [6.07, 6.45) is -5.89. The Balaban J connectivity index is 1.49. The molecule has 0 spiro atoms. The van der Waals surface area contributed by atoms with Crippen LogP contribution in [0.4, 0.5) is 23.8 Å². The molecule has 9 nitrogen and oxygen atoms in total. The highest BCUT2D eigenvalue weighted by Gasteiger charge is 2.38. The number of benzene rings is 3. The van der Waals surface area contributed by atoms with Gasteiger partial charge in [0.2, 0.25) is 5.88 Å². The quantitative estimate of drug-likeness (QED) is 0.211. The third-order valence-electron chi connectivity index (χ3n) is 6.65. The van der Waals surface area contributed by atoms with Gasteiger partial charge in [-0.15, -0.1) is 0 Å². The van der Waals surface area contributed by atoms with E-state index >= 15 is 0 Å². The molecule has 2 amide bonds. The Kier molecular flexibility index (Phi) is 8.36. The van der Waals surface area contributed by atoms with Gasteiger partial charge in [0.25, 0.3) is 5.91 Å².